The van der Waals surface area contributed by atoms with Crippen molar-refractivity contribution >= 4 is 123 Å². The van der Waals surface area contributed by atoms with Crippen LogP contribution in [0.3, 0.4) is 0 Å². The molecule has 694 valence electrons. The summed E-state index contributed by atoms with van der Waals surface area (Å²) in [5, 5.41) is 64.8. The Morgan fingerprint density at radius 1 is 0.446 bits per heavy atom. The number of amides is 15. The van der Waals surface area contributed by atoms with E-state index in [1.54, 1.807) is 135 Å². The first-order chi connectivity index (χ1) is 61.9. The van der Waals surface area contributed by atoms with Crippen LogP contribution in [-0.4, -0.2) is 283 Å². The topological polar surface area (TPSA) is 537 Å². The number of carbonyl (C=O) groups is 17. The van der Waals surface area contributed by atoms with Gasteiger partial charge in [0, 0.05) is 103 Å². The molecular weight excluding hydrogens is 1700 g/mol. The summed E-state index contributed by atoms with van der Waals surface area (Å²) >= 11 is 0.739. The van der Waals surface area contributed by atoms with Gasteiger partial charge in [-0.15, -0.1) is 11.8 Å². The molecule has 0 aliphatic carbocycles. The maximum atomic E-state index is 15.5. The summed E-state index contributed by atoms with van der Waals surface area (Å²) in [6, 6.07) is 25.5. The Morgan fingerprint density at radius 3 is 1.43 bits per heavy atom. The summed E-state index contributed by atoms with van der Waals surface area (Å²) in [4.78, 5) is 255. The highest BCUT2D eigenvalue weighted by Crippen LogP contribution is 2.25. The first kappa shape index (κ1) is 101. The standard InChI is InChI=1S/C92H114N16O21S/c1-9-10-30-72-90(127)105(5)51-77(113)97-68(47-80(117)118)86(123)103-81(54(2)3)92(129)107(7)73(44-56-24-16-12-17-25-56)87(124)101-69(43-59-33-37-62(110)38-34-59)88(125)104(4)50-76(112)96-67(46-60-48-94-64-29-21-20-28-63(60)64)85(122)100-66(41-58-31-35-61(109)36-32-58)84(121)99-65(39-40-79(115)116)83(120)102-71(82(119)95-49-75(93)111)52-130-53-78(114)98-70(42-55-22-14-11-15-23-55)89(126)108(8)74(91(128)106(72)6)45-57-26-18-13-19-27-57/h11-29,31-38,48,54,65-74,81,94,109-110H,9-10,30,39-47,49-53H2,1-8H3,(H2,93,111)(H,95,119)(H,96,112)(H,97,113)(H,98,114)(H,99,121)(H,100,122)(H,101,124)(H,102,120)(H,103,123)(H,115,116)(H,117,118)/t65-,66-,67-,68-,69-,70-,71-,72-,73-,74-,81?/m0/s1. The quantitative estimate of drug-likeness (QED) is 0.0403. The Hall–Kier alpha value is -14.2. The van der Waals surface area contributed by atoms with Gasteiger partial charge in [0.15, 0.2) is 0 Å². The number of H-pyrrole nitrogens is 1. The lowest BCUT2D eigenvalue weighted by molar-refractivity contribution is -0.151. The third kappa shape index (κ3) is 30.5. The normalized spacial score (nSPS) is 21.7. The van der Waals surface area contributed by atoms with Crippen molar-refractivity contribution in [1.29, 1.82) is 0 Å². The molecule has 16 N–H and O–H groups in total. The van der Waals surface area contributed by atoms with Gasteiger partial charge in [-0.1, -0.05) is 167 Å². The van der Waals surface area contributed by atoms with E-state index in [1.807, 2.05) is 6.92 Å². The van der Waals surface area contributed by atoms with Gasteiger partial charge in [-0.25, -0.2) is 0 Å². The molecule has 2 heterocycles. The highest BCUT2D eigenvalue weighted by Gasteiger charge is 2.42. The van der Waals surface area contributed by atoms with Gasteiger partial charge in [0.05, 0.1) is 31.8 Å². The highest BCUT2D eigenvalue weighted by molar-refractivity contribution is 8.00. The second kappa shape index (κ2) is 49.2. The van der Waals surface area contributed by atoms with Gasteiger partial charge in [-0.2, -0.15) is 0 Å². The minimum atomic E-state index is -1.92. The number of nitrogens with two attached hydrogens (primary N) is 1. The van der Waals surface area contributed by atoms with Crippen LogP contribution in [0.5, 0.6) is 11.5 Å². The molecule has 1 fully saturated rings. The van der Waals surface area contributed by atoms with Crippen LogP contribution in [0, 0.1) is 5.92 Å². The number of hydrogen-bond donors (Lipinski definition) is 15. The van der Waals surface area contributed by atoms with Crippen LogP contribution in [-0.2, 0) is 120 Å². The van der Waals surface area contributed by atoms with Crippen LogP contribution < -0.4 is 53.6 Å². The van der Waals surface area contributed by atoms with E-state index in [1.165, 1.54) is 83.8 Å². The van der Waals surface area contributed by atoms with Gasteiger partial charge in [0.2, 0.25) is 88.6 Å². The number of fused-ring (bicyclic) bond motifs is 1. The Balaban J connectivity index is 1.22. The number of benzene rings is 6. The maximum Gasteiger partial charge on any atom is 0.305 e. The van der Waals surface area contributed by atoms with Crippen LogP contribution in [0.15, 0.2) is 170 Å². The van der Waals surface area contributed by atoms with Gasteiger partial charge >= 0.3 is 11.9 Å². The van der Waals surface area contributed by atoms with Gasteiger partial charge in [0.25, 0.3) is 0 Å². The fourth-order valence-corrected chi connectivity index (χ4v) is 15.6. The number of para-hydroxylation sites is 1. The summed E-state index contributed by atoms with van der Waals surface area (Å²) < 4.78 is 0. The molecule has 0 radical (unpaired) electrons. The number of aromatic hydroxyl groups is 2. The number of nitrogens with one attached hydrogen (secondary N) is 10. The third-order valence-electron chi connectivity index (χ3n) is 22.0. The van der Waals surface area contributed by atoms with Crippen molar-refractivity contribution in [3.05, 3.63) is 203 Å². The number of phenolic OH excluding ortho intramolecular Hbond substituents is 2. The van der Waals surface area contributed by atoms with Crippen molar-refractivity contribution in [1.82, 2.24) is 77.3 Å². The zero-order valence-corrected chi connectivity index (χ0v) is 74.4. The van der Waals surface area contributed by atoms with Crippen molar-refractivity contribution in [3.8, 4) is 11.5 Å². The molecule has 1 aliphatic rings. The van der Waals surface area contributed by atoms with Crippen molar-refractivity contribution < 1.29 is 102 Å². The van der Waals surface area contributed by atoms with Crippen LogP contribution >= 0.6 is 11.8 Å². The molecule has 15 amide bonds. The summed E-state index contributed by atoms with van der Waals surface area (Å²) in [5.74, 6) is -19.8. The predicted octanol–water partition coefficient (Wildman–Crippen LogP) is 1.15. The number of likely N-dealkylation sites (N-methyl/N-ethyl adjacent to an activating group) is 5. The number of aromatic amines is 1. The fraction of sp³-hybridized carbons (Fsp3) is 0.402. The average molecular weight is 1810 g/mol. The minimum Gasteiger partial charge on any atom is -0.508 e. The number of carboxylic acid groups (broad SMARTS) is 2. The van der Waals surface area contributed by atoms with E-state index < -0.39 is 230 Å². The van der Waals surface area contributed by atoms with Crippen LogP contribution in [0.1, 0.15) is 92.7 Å². The molecule has 0 bridgehead atoms. The summed E-state index contributed by atoms with van der Waals surface area (Å²) in [5.41, 5.74) is 8.78. The number of carboxylic acids is 2. The molecule has 1 unspecified atom stereocenters. The number of thioether (sulfide) groups is 1. The Bertz CT molecular complexity index is 5150. The molecule has 6 aromatic carbocycles. The lowest BCUT2D eigenvalue weighted by Gasteiger charge is -2.37. The first-order valence-corrected chi connectivity index (χ1v) is 43.5. The average Bonchev–Trinajstić information content (AvgIpc) is 0.953. The zero-order valence-electron chi connectivity index (χ0n) is 73.6. The Morgan fingerprint density at radius 2 is 0.892 bits per heavy atom. The van der Waals surface area contributed by atoms with Crippen molar-refractivity contribution in [2.45, 2.75) is 164 Å². The maximum absolute atomic E-state index is 15.5. The molecule has 37 nitrogen and oxygen atoms in total. The number of aliphatic carboxylic acids is 2. The van der Waals surface area contributed by atoms with Gasteiger partial charge in [-0.05, 0) is 82.5 Å². The molecule has 11 atom stereocenters. The Labute approximate surface area is 755 Å². The van der Waals surface area contributed by atoms with E-state index in [4.69, 9.17) is 5.73 Å². The first-order valence-electron chi connectivity index (χ1n) is 42.4. The molecule has 0 spiro atoms. The molecule has 130 heavy (non-hydrogen) atoms. The zero-order chi connectivity index (χ0) is 95.0. The molecule has 7 aromatic rings. The number of aromatic nitrogens is 1. The van der Waals surface area contributed by atoms with E-state index in [0.717, 1.165) is 36.3 Å². The number of hydrogen-bond acceptors (Lipinski definition) is 20. The van der Waals surface area contributed by atoms with E-state index in [0.29, 0.717) is 57.1 Å². The number of primary amides is 1. The molecule has 1 saturated heterocycles. The van der Waals surface area contributed by atoms with E-state index >= 15 is 33.6 Å². The largest absolute Gasteiger partial charge is 0.508 e. The molecule has 1 aromatic heterocycles. The Kier molecular flexibility index (Phi) is 38.3. The lowest BCUT2D eigenvalue weighted by atomic mass is 9.98. The number of phenols is 2. The van der Waals surface area contributed by atoms with Crippen LogP contribution in [0.2, 0.25) is 0 Å². The summed E-state index contributed by atoms with van der Waals surface area (Å²) in [6.07, 6.45) is -1.68. The van der Waals surface area contributed by atoms with Crippen molar-refractivity contribution in [3.63, 3.8) is 0 Å². The highest BCUT2D eigenvalue weighted by atomic mass is 32.2. The van der Waals surface area contributed by atoms with Crippen molar-refractivity contribution in [2.75, 3.05) is 66.4 Å². The van der Waals surface area contributed by atoms with Gasteiger partial charge in [0.1, 0.15) is 78.0 Å². The summed E-state index contributed by atoms with van der Waals surface area (Å²) in [7, 11) is 6.41. The van der Waals surface area contributed by atoms with Crippen LogP contribution in [0.25, 0.3) is 10.9 Å². The smallest absolute Gasteiger partial charge is 0.305 e. The van der Waals surface area contributed by atoms with E-state index in [-0.39, 0.29) is 50.0 Å². The molecule has 0 saturated carbocycles. The molecular formula is C92H114N16O21S. The van der Waals surface area contributed by atoms with Gasteiger partial charge < -0.3 is 103 Å². The van der Waals surface area contributed by atoms with E-state index in [2.05, 4.69) is 52.8 Å². The molecule has 8 rings (SSSR count). The minimum absolute atomic E-state index is 0.00885. The number of carbonyl (C=O) groups excluding carboxylic acids is 15. The van der Waals surface area contributed by atoms with Gasteiger partial charge in [-0.3, -0.25) is 81.5 Å². The molecule has 1 aliphatic heterocycles. The summed E-state index contributed by atoms with van der Waals surface area (Å²) in [6.45, 7) is 2.49. The van der Waals surface area contributed by atoms with E-state index in [9.17, 15) is 68.4 Å². The fourth-order valence-electron chi connectivity index (χ4n) is 14.8. The number of nitrogens with zero attached hydrogens (tertiary/aromatic N) is 5. The second-order valence-corrected chi connectivity index (χ2v) is 33.4. The lowest BCUT2D eigenvalue weighted by Crippen LogP contribution is -2.61. The monoisotopic (exact) mass is 1810 g/mol. The van der Waals surface area contributed by atoms with Crippen LogP contribution in [0.4, 0.5) is 0 Å². The predicted molar refractivity (Wildman–Crippen MR) is 479 cm³/mol. The van der Waals surface area contributed by atoms with Crippen molar-refractivity contribution in [2.24, 2.45) is 11.7 Å². The number of rotatable bonds is 24. The second-order valence-electron chi connectivity index (χ2n) is 32.4. The third-order valence-corrected chi connectivity index (χ3v) is 23.0. The SMILES string of the molecule is CCCC[C@H]1C(=O)N(C)CC(=O)N[C@@H](CC(=O)O)C(=O)NC(C(C)C)C(=O)N(C)[C@@H](Cc2ccccc2)C(=O)N[C@@H](Cc2ccc(O)cc2)C(=O)N(C)CC(=O)N[C@@H](Cc2c[nH]c3ccccc23)C(=O)N[C@@H](Cc2ccc(O)cc2)C(=O)N[C@@H](CCC(=O)O)C(=O)N[C@H](C(=O)NCC(N)=O)CSCC(=O)N[C@@H](Cc2ccccc2)C(=O)N(C)[C@@H](Cc2ccccc2)C(=O)N1C. The number of unbranched alkanes of at least 4 members (excludes halogenated alkanes) is 1. The molecule has 38 heteroatoms.